The number of ether oxygens (including phenoxy) is 2. The average Bonchev–Trinajstić information content (AvgIpc) is 2.60. The lowest BCUT2D eigenvalue weighted by Gasteiger charge is -2.44. The van der Waals surface area contributed by atoms with Gasteiger partial charge in [0.2, 0.25) is 0 Å². The standard InChI is InChI=1S/C17H21ClN4O2/c1-3-23-13-9-12(15(13)24-11-7-5-4-6-8-11)22-17-14(19-2)16(18)20-10-21-17/h4-8,10,12-13,15,19H,3,9H2,1-2H3,(H,20,21,22). The van der Waals surface area contributed by atoms with E-state index in [1.165, 1.54) is 6.33 Å². The lowest BCUT2D eigenvalue weighted by molar-refractivity contribution is -0.0881. The van der Waals surface area contributed by atoms with Crippen LogP contribution in [-0.2, 0) is 4.74 Å². The van der Waals surface area contributed by atoms with Crippen molar-refractivity contribution in [1.82, 2.24) is 9.97 Å². The van der Waals surface area contributed by atoms with Gasteiger partial charge in [0.25, 0.3) is 0 Å². The van der Waals surface area contributed by atoms with E-state index in [4.69, 9.17) is 21.1 Å². The molecule has 2 N–H and O–H groups in total. The van der Waals surface area contributed by atoms with Gasteiger partial charge in [-0.2, -0.15) is 0 Å². The van der Waals surface area contributed by atoms with Crippen molar-refractivity contribution in [3.63, 3.8) is 0 Å². The molecule has 2 aromatic rings. The molecule has 6 nitrogen and oxygen atoms in total. The Morgan fingerprint density at radius 2 is 2.04 bits per heavy atom. The highest BCUT2D eigenvalue weighted by molar-refractivity contribution is 6.32. The van der Waals surface area contributed by atoms with Crippen LogP contribution in [0.1, 0.15) is 13.3 Å². The number of para-hydroxylation sites is 1. The molecule has 0 aliphatic heterocycles. The van der Waals surface area contributed by atoms with Crippen molar-refractivity contribution in [3.05, 3.63) is 41.8 Å². The van der Waals surface area contributed by atoms with Gasteiger partial charge in [0, 0.05) is 20.1 Å². The van der Waals surface area contributed by atoms with Gasteiger partial charge in [-0.15, -0.1) is 0 Å². The van der Waals surface area contributed by atoms with Crippen molar-refractivity contribution in [3.8, 4) is 5.75 Å². The minimum absolute atomic E-state index is 0.0584. The highest BCUT2D eigenvalue weighted by atomic mass is 35.5. The predicted octanol–water partition coefficient (Wildman–Crippen LogP) is 3.21. The van der Waals surface area contributed by atoms with E-state index in [-0.39, 0.29) is 18.2 Å². The van der Waals surface area contributed by atoms with Crippen LogP contribution < -0.4 is 15.4 Å². The molecule has 3 rings (SSSR count). The van der Waals surface area contributed by atoms with Crippen molar-refractivity contribution in [2.75, 3.05) is 24.3 Å². The summed E-state index contributed by atoms with van der Waals surface area (Å²) < 4.78 is 11.9. The normalized spacial score (nSPS) is 22.5. The molecule has 1 fully saturated rings. The molecule has 1 saturated carbocycles. The van der Waals surface area contributed by atoms with Gasteiger partial charge >= 0.3 is 0 Å². The molecule has 1 heterocycles. The largest absolute Gasteiger partial charge is 0.486 e. The smallest absolute Gasteiger partial charge is 0.157 e. The van der Waals surface area contributed by atoms with Gasteiger partial charge < -0.3 is 20.1 Å². The van der Waals surface area contributed by atoms with Gasteiger partial charge in [0.1, 0.15) is 23.9 Å². The summed E-state index contributed by atoms with van der Waals surface area (Å²) >= 11 is 6.11. The second-order valence-electron chi connectivity index (χ2n) is 5.51. The number of halogens is 1. The first-order valence-corrected chi connectivity index (χ1v) is 8.38. The zero-order valence-corrected chi connectivity index (χ0v) is 14.5. The van der Waals surface area contributed by atoms with E-state index < -0.39 is 0 Å². The van der Waals surface area contributed by atoms with Crippen molar-refractivity contribution in [2.45, 2.75) is 31.6 Å². The maximum atomic E-state index is 6.12. The lowest BCUT2D eigenvalue weighted by atomic mass is 9.85. The van der Waals surface area contributed by atoms with Gasteiger partial charge in [-0.05, 0) is 19.1 Å². The van der Waals surface area contributed by atoms with Crippen LogP contribution in [0.15, 0.2) is 36.7 Å². The van der Waals surface area contributed by atoms with Crippen LogP contribution in [0.4, 0.5) is 11.5 Å². The molecule has 1 aliphatic carbocycles. The quantitative estimate of drug-likeness (QED) is 0.749. The van der Waals surface area contributed by atoms with Gasteiger partial charge in [-0.1, -0.05) is 29.8 Å². The SMILES string of the molecule is CCOC1CC(Nc2ncnc(Cl)c2NC)C1Oc1ccccc1. The topological polar surface area (TPSA) is 68.3 Å². The van der Waals surface area contributed by atoms with Crippen LogP contribution in [0.25, 0.3) is 0 Å². The van der Waals surface area contributed by atoms with E-state index in [9.17, 15) is 0 Å². The number of nitrogens with one attached hydrogen (secondary N) is 2. The molecule has 0 spiro atoms. The summed E-state index contributed by atoms with van der Waals surface area (Å²) in [6.07, 6.45) is 2.25. The summed E-state index contributed by atoms with van der Waals surface area (Å²) in [7, 11) is 1.79. The summed E-state index contributed by atoms with van der Waals surface area (Å²) in [6.45, 7) is 2.65. The zero-order chi connectivity index (χ0) is 16.9. The summed E-state index contributed by atoms with van der Waals surface area (Å²) in [5.74, 6) is 1.49. The van der Waals surface area contributed by atoms with Crippen molar-refractivity contribution in [2.24, 2.45) is 0 Å². The zero-order valence-electron chi connectivity index (χ0n) is 13.7. The number of nitrogens with zero attached hydrogens (tertiary/aromatic N) is 2. The molecule has 1 aromatic carbocycles. The molecule has 3 atom stereocenters. The fourth-order valence-corrected chi connectivity index (χ4v) is 3.01. The van der Waals surface area contributed by atoms with E-state index >= 15 is 0 Å². The fourth-order valence-electron chi connectivity index (χ4n) is 2.78. The highest BCUT2D eigenvalue weighted by Gasteiger charge is 2.44. The molecule has 0 radical (unpaired) electrons. The first-order chi connectivity index (χ1) is 11.7. The molecule has 1 aliphatic rings. The Bertz CT molecular complexity index is 671. The number of anilines is 2. The molecule has 3 unspecified atom stereocenters. The van der Waals surface area contributed by atoms with Crippen molar-refractivity contribution in [1.29, 1.82) is 0 Å². The molecular formula is C17H21ClN4O2. The maximum absolute atomic E-state index is 6.12. The first kappa shape index (κ1) is 16.8. The first-order valence-electron chi connectivity index (χ1n) is 8.01. The minimum atomic E-state index is -0.0919. The van der Waals surface area contributed by atoms with Crippen LogP contribution >= 0.6 is 11.6 Å². The summed E-state index contributed by atoms with van der Waals surface area (Å²) in [5, 5.41) is 6.81. The second-order valence-corrected chi connectivity index (χ2v) is 5.87. The van der Waals surface area contributed by atoms with E-state index in [1.54, 1.807) is 7.05 Å². The number of hydrogen-bond donors (Lipinski definition) is 2. The molecule has 0 bridgehead atoms. The van der Waals surface area contributed by atoms with E-state index in [0.29, 0.717) is 23.3 Å². The molecular weight excluding hydrogens is 328 g/mol. The van der Waals surface area contributed by atoms with E-state index in [0.717, 1.165) is 12.2 Å². The van der Waals surface area contributed by atoms with Gasteiger partial charge in [-0.25, -0.2) is 9.97 Å². The van der Waals surface area contributed by atoms with Crippen LogP contribution in [0.2, 0.25) is 5.15 Å². The molecule has 0 amide bonds. The molecule has 128 valence electrons. The Morgan fingerprint density at radius 1 is 1.25 bits per heavy atom. The summed E-state index contributed by atoms with van der Waals surface area (Å²) in [4.78, 5) is 8.27. The van der Waals surface area contributed by atoms with Gasteiger partial charge in [0.15, 0.2) is 11.0 Å². The monoisotopic (exact) mass is 348 g/mol. The Balaban J connectivity index is 1.74. The van der Waals surface area contributed by atoms with Gasteiger partial charge in [-0.3, -0.25) is 0 Å². The van der Waals surface area contributed by atoms with Crippen LogP contribution in [0.5, 0.6) is 5.75 Å². The Kier molecular flexibility index (Phi) is 5.37. The molecule has 7 heteroatoms. The summed E-state index contributed by atoms with van der Waals surface area (Å²) in [6, 6.07) is 9.84. The van der Waals surface area contributed by atoms with Crippen LogP contribution in [0.3, 0.4) is 0 Å². The van der Waals surface area contributed by atoms with Crippen molar-refractivity contribution < 1.29 is 9.47 Å². The Morgan fingerprint density at radius 3 is 2.75 bits per heavy atom. The molecule has 1 aromatic heterocycles. The highest BCUT2D eigenvalue weighted by Crippen LogP contribution is 2.34. The summed E-state index contributed by atoms with van der Waals surface area (Å²) in [5.41, 5.74) is 0.678. The van der Waals surface area contributed by atoms with Crippen LogP contribution in [0, 0.1) is 0 Å². The average molecular weight is 349 g/mol. The maximum Gasteiger partial charge on any atom is 0.157 e. The fraction of sp³-hybridized carbons (Fsp3) is 0.412. The second kappa shape index (κ2) is 7.68. The third kappa shape index (κ3) is 3.55. The number of aromatic nitrogens is 2. The van der Waals surface area contributed by atoms with E-state index in [1.807, 2.05) is 37.3 Å². The van der Waals surface area contributed by atoms with Crippen LogP contribution in [-0.4, -0.2) is 41.9 Å². The van der Waals surface area contributed by atoms with Crippen molar-refractivity contribution >= 4 is 23.1 Å². The number of benzene rings is 1. The molecule has 0 saturated heterocycles. The van der Waals surface area contributed by atoms with Gasteiger partial charge in [0.05, 0.1) is 12.1 Å². The Labute approximate surface area is 146 Å². The minimum Gasteiger partial charge on any atom is -0.486 e. The molecule has 24 heavy (non-hydrogen) atoms. The third-order valence-electron chi connectivity index (χ3n) is 4.02. The Hall–Kier alpha value is -2.05. The third-order valence-corrected chi connectivity index (χ3v) is 4.31. The van der Waals surface area contributed by atoms with E-state index in [2.05, 4.69) is 20.6 Å². The predicted molar refractivity (Wildman–Crippen MR) is 94.9 cm³/mol. The number of rotatable bonds is 7. The number of hydrogen-bond acceptors (Lipinski definition) is 6. The lowest BCUT2D eigenvalue weighted by Crippen LogP contribution is -2.59.